The minimum absolute atomic E-state index is 0.904. The molecule has 0 nitrogen and oxygen atoms in total. The molecule has 1 aromatic rings. The number of aryl methyl sites for hydroxylation is 1. The quantitative estimate of drug-likeness (QED) is 0.634. The van der Waals surface area contributed by atoms with Crippen LogP contribution < -0.4 is 0 Å². The van der Waals surface area contributed by atoms with Crippen LogP contribution in [0, 0.1) is 5.92 Å². The molecule has 0 N–H and O–H groups in total. The zero-order chi connectivity index (χ0) is 10.1. The maximum atomic E-state index is 2.38. The molecule has 80 valence electrons. The van der Waals surface area contributed by atoms with Gasteiger partial charge in [-0.3, -0.25) is 0 Å². The second kappa shape index (κ2) is 4.00. The highest BCUT2D eigenvalue weighted by Gasteiger charge is 2.29. The molecule has 0 aromatic heterocycles. The summed E-state index contributed by atoms with van der Waals surface area (Å²) < 4.78 is 0. The fraction of sp³-hybridized carbons (Fsp3) is 0.600. The molecule has 1 saturated carbocycles. The summed E-state index contributed by atoms with van der Waals surface area (Å²) in [4.78, 5) is 0. The Morgan fingerprint density at radius 1 is 0.867 bits per heavy atom. The summed E-state index contributed by atoms with van der Waals surface area (Å²) >= 11 is 0. The molecule has 1 aromatic carbocycles. The zero-order valence-electron chi connectivity index (χ0n) is 9.41. The van der Waals surface area contributed by atoms with E-state index < -0.39 is 0 Å². The van der Waals surface area contributed by atoms with E-state index in [4.69, 9.17) is 0 Å². The number of benzene rings is 1. The van der Waals surface area contributed by atoms with E-state index in [9.17, 15) is 0 Å². The third kappa shape index (κ3) is 1.71. The molecule has 1 unspecified atom stereocenters. The molecule has 0 radical (unpaired) electrons. The number of hydrogen-bond donors (Lipinski definition) is 0. The Balaban J connectivity index is 1.83. The number of rotatable bonds is 1. The number of fused-ring (bicyclic) bond motifs is 1. The van der Waals surface area contributed by atoms with Crippen molar-refractivity contribution in [3.05, 3.63) is 35.4 Å². The highest BCUT2D eigenvalue weighted by Crippen LogP contribution is 2.43. The van der Waals surface area contributed by atoms with Crippen molar-refractivity contribution in [2.45, 2.75) is 50.9 Å². The Morgan fingerprint density at radius 2 is 1.67 bits per heavy atom. The van der Waals surface area contributed by atoms with Crippen LogP contribution >= 0.6 is 0 Å². The minimum Gasteiger partial charge on any atom is -0.0620 e. The molecule has 0 bridgehead atoms. The second-order valence-electron chi connectivity index (χ2n) is 5.24. The van der Waals surface area contributed by atoms with Crippen molar-refractivity contribution >= 4 is 0 Å². The normalized spacial score (nSPS) is 26.5. The lowest BCUT2D eigenvalue weighted by atomic mass is 9.77. The predicted molar refractivity (Wildman–Crippen MR) is 64.1 cm³/mol. The molecule has 0 heterocycles. The summed E-state index contributed by atoms with van der Waals surface area (Å²) in [7, 11) is 0. The Morgan fingerprint density at radius 3 is 2.53 bits per heavy atom. The third-order valence-electron chi connectivity index (χ3n) is 4.40. The van der Waals surface area contributed by atoms with E-state index in [1.54, 1.807) is 11.1 Å². The maximum absolute atomic E-state index is 2.38. The van der Waals surface area contributed by atoms with E-state index >= 15 is 0 Å². The van der Waals surface area contributed by atoms with Gasteiger partial charge in [0.2, 0.25) is 0 Å². The van der Waals surface area contributed by atoms with Crippen LogP contribution in [-0.2, 0) is 6.42 Å². The Labute approximate surface area is 92.7 Å². The lowest BCUT2D eigenvalue weighted by Crippen LogP contribution is -2.14. The second-order valence-corrected chi connectivity index (χ2v) is 5.24. The topological polar surface area (TPSA) is 0 Å². The summed E-state index contributed by atoms with van der Waals surface area (Å²) in [6.45, 7) is 0. The van der Waals surface area contributed by atoms with Crippen molar-refractivity contribution in [2.24, 2.45) is 5.92 Å². The van der Waals surface area contributed by atoms with Gasteiger partial charge in [-0.25, -0.2) is 0 Å². The van der Waals surface area contributed by atoms with Gasteiger partial charge < -0.3 is 0 Å². The fourth-order valence-electron chi connectivity index (χ4n) is 3.62. The first-order chi connectivity index (χ1) is 7.45. The SMILES string of the molecule is c1ccc2c(c1)CCC2C1CCCCC1. The van der Waals surface area contributed by atoms with Gasteiger partial charge in [0.05, 0.1) is 0 Å². The molecular formula is C15H20. The monoisotopic (exact) mass is 200 g/mol. The molecule has 15 heavy (non-hydrogen) atoms. The van der Waals surface area contributed by atoms with Gasteiger partial charge in [0, 0.05) is 0 Å². The van der Waals surface area contributed by atoms with Crippen LogP contribution in [0.3, 0.4) is 0 Å². The van der Waals surface area contributed by atoms with Crippen LogP contribution in [0.2, 0.25) is 0 Å². The van der Waals surface area contributed by atoms with Crippen LogP contribution in [-0.4, -0.2) is 0 Å². The van der Waals surface area contributed by atoms with Crippen LogP contribution in [0.4, 0.5) is 0 Å². The average molecular weight is 200 g/mol. The highest BCUT2D eigenvalue weighted by molar-refractivity contribution is 5.35. The maximum Gasteiger partial charge on any atom is -0.0128 e. The van der Waals surface area contributed by atoms with Gasteiger partial charge in [-0.2, -0.15) is 0 Å². The van der Waals surface area contributed by atoms with Gasteiger partial charge in [-0.15, -0.1) is 0 Å². The average Bonchev–Trinajstić information content (AvgIpc) is 2.74. The van der Waals surface area contributed by atoms with E-state index in [-0.39, 0.29) is 0 Å². The van der Waals surface area contributed by atoms with E-state index in [0.29, 0.717) is 0 Å². The Bertz CT molecular complexity index is 334. The molecule has 0 heteroatoms. The van der Waals surface area contributed by atoms with Gasteiger partial charge in [0.15, 0.2) is 0 Å². The van der Waals surface area contributed by atoms with E-state index in [1.807, 2.05) is 0 Å². The zero-order valence-corrected chi connectivity index (χ0v) is 9.41. The summed E-state index contributed by atoms with van der Waals surface area (Å²) in [5.41, 5.74) is 3.32. The molecule has 0 aliphatic heterocycles. The smallest absolute Gasteiger partial charge is 0.0128 e. The predicted octanol–water partition coefficient (Wildman–Crippen LogP) is 4.30. The standard InChI is InChI=1S/C15H20/c1-2-6-12(7-3-1)15-11-10-13-8-4-5-9-14(13)15/h4-5,8-9,12,15H,1-3,6-7,10-11H2. The molecule has 0 spiro atoms. The van der Waals surface area contributed by atoms with Gasteiger partial charge in [-0.1, -0.05) is 43.5 Å². The summed E-state index contributed by atoms with van der Waals surface area (Å²) in [6.07, 6.45) is 10.1. The van der Waals surface area contributed by atoms with E-state index in [2.05, 4.69) is 24.3 Å². The molecule has 2 aliphatic carbocycles. The van der Waals surface area contributed by atoms with Crippen molar-refractivity contribution in [1.82, 2.24) is 0 Å². The van der Waals surface area contributed by atoms with Gasteiger partial charge in [0.1, 0.15) is 0 Å². The molecule has 3 rings (SSSR count). The fourth-order valence-corrected chi connectivity index (χ4v) is 3.62. The molecule has 0 amide bonds. The summed E-state index contributed by atoms with van der Waals surface area (Å²) in [5.74, 6) is 1.91. The van der Waals surface area contributed by atoms with Crippen molar-refractivity contribution in [2.75, 3.05) is 0 Å². The number of hydrogen-bond acceptors (Lipinski definition) is 0. The molecule has 0 saturated heterocycles. The first-order valence-electron chi connectivity index (χ1n) is 6.53. The first-order valence-corrected chi connectivity index (χ1v) is 6.53. The van der Waals surface area contributed by atoms with Gasteiger partial charge in [0.25, 0.3) is 0 Å². The van der Waals surface area contributed by atoms with Crippen molar-refractivity contribution in [1.29, 1.82) is 0 Å². The Kier molecular flexibility index (Phi) is 2.52. The lowest BCUT2D eigenvalue weighted by Gasteiger charge is -2.28. The molecule has 1 fully saturated rings. The summed E-state index contributed by atoms with van der Waals surface area (Å²) in [5, 5.41) is 0. The van der Waals surface area contributed by atoms with Crippen LogP contribution in [0.1, 0.15) is 55.6 Å². The summed E-state index contributed by atoms with van der Waals surface area (Å²) in [6, 6.07) is 9.13. The van der Waals surface area contributed by atoms with E-state index in [0.717, 1.165) is 11.8 Å². The van der Waals surface area contributed by atoms with Crippen molar-refractivity contribution in [3.63, 3.8) is 0 Å². The van der Waals surface area contributed by atoms with E-state index in [1.165, 1.54) is 44.9 Å². The molecular weight excluding hydrogens is 180 g/mol. The van der Waals surface area contributed by atoms with Gasteiger partial charge in [-0.05, 0) is 48.6 Å². The highest BCUT2D eigenvalue weighted by atomic mass is 14.3. The third-order valence-corrected chi connectivity index (χ3v) is 4.40. The van der Waals surface area contributed by atoms with Crippen LogP contribution in [0.25, 0.3) is 0 Å². The largest absolute Gasteiger partial charge is 0.0620 e. The molecule has 2 aliphatic rings. The Hall–Kier alpha value is -0.780. The molecule has 1 atom stereocenters. The van der Waals surface area contributed by atoms with Crippen LogP contribution in [0.5, 0.6) is 0 Å². The lowest BCUT2D eigenvalue weighted by molar-refractivity contribution is 0.303. The minimum atomic E-state index is 0.904. The van der Waals surface area contributed by atoms with Crippen molar-refractivity contribution in [3.8, 4) is 0 Å². The van der Waals surface area contributed by atoms with Gasteiger partial charge >= 0.3 is 0 Å². The first kappa shape index (κ1) is 9.45. The van der Waals surface area contributed by atoms with Crippen molar-refractivity contribution < 1.29 is 0 Å². The van der Waals surface area contributed by atoms with Crippen LogP contribution in [0.15, 0.2) is 24.3 Å².